The van der Waals surface area contributed by atoms with Gasteiger partial charge in [0.2, 0.25) is 0 Å². The van der Waals surface area contributed by atoms with Crippen LogP contribution >= 0.6 is 0 Å². The van der Waals surface area contributed by atoms with Crippen LogP contribution in [-0.4, -0.2) is 66.0 Å². The van der Waals surface area contributed by atoms with E-state index in [-0.39, 0.29) is 0 Å². The molecule has 3 fully saturated rings. The Labute approximate surface area is 158 Å². The number of likely N-dealkylation sites (tertiary alicyclic amines) is 2. The summed E-state index contributed by atoms with van der Waals surface area (Å²) in [6.07, 6.45) is 9.66. The third-order valence-corrected chi connectivity index (χ3v) is 6.79. The van der Waals surface area contributed by atoms with Crippen molar-refractivity contribution in [2.75, 3.05) is 46.4 Å². The van der Waals surface area contributed by atoms with E-state index >= 15 is 0 Å². The first-order valence-corrected chi connectivity index (χ1v) is 10.6. The van der Waals surface area contributed by atoms with Crippen LogP contribution in [0.5, 0.6) is 0 Å². The van der Waals surface area contributed by atoms with E-state index < -0.39 is 0 Å². The summed E-state index contributed by atoms with van der Waals surface area (Å²) in [5, 5.41) is 4.49. The van der Waals surface area contributed by atoms with E-state index in [4.69, 9.17) is 4.74 Å². The Morgan fingerprint density at radius 3 is 2.65 bits per heavy atom. The molecule has 0 radical (unpaired) electrons. The Morgan fingerprint density at radius 2 is 2.00 bits per heavy atom. The first kappa shape index (κ1) is 18.5. The zero-order chi connectivity index (χ0) is 18.1. The molecule has 1 aromatic rings. The maximum absolute atomic E-state index is 6.11. The molecule has 3 heterocycles. The molecule has 1 atom stereocenters. The second kappa shape index (κ2) is 7.61. The van der Waals surface area contributed by atoms with Gasteiger partial charge in [-0.05, 0) is 71.0 Å². The summed E-state index contributed by atoms with van der Waals surface area (Å²) in [6.45, 7) is 12.3. The average molecular weight is 361 g/mol. The molecule has 5 nitrogen and oxygen atoms in total. The highest BCUT2D eigenvalue weighted by Gasteiger charge is 2.47. The Bertz CT molecular complexity index is 587. The molecule has 3 aliphatic rings. The highest BCUT2D eigenvalue weighted by molar-refractivity contribution is 5.06. The first-order chi connectivity index (χ1) is 12.5. The van der Waals surface area contributed by atoms with E-state index in [2.05, 4.69) is 46.7 Å². The van der Waals surface area contributed by atoms with Crippen LogP contribution in [-0.2, 0) is 11.3 Å². The molecule has 4 rings (SSSR count). The standard InChI is InChI=1S/C21H36N4O/c1-17(2)25-12-19(10-22-25)11-24-8-6-21(7-9-24)16-23(3)13-20(21)15-26-14-18-4-5-18/h10,12,17-18,20H,4-9,11,13-16H2,1-3H3/t20-/m0/s1. The minimum Gasteiger partial charge on any atom is -0.381 e. The van der Waals surface area contributed by atoms with Gasteiger partial charge in [-0.3, -0.25) is 9.58 Å². The molecular weight excluding hydrogens is 324 g/mol. The minimum absolute atomic E-state index is 0.443. The number of hydrogen-bond acceptors (Lipinski definition) is 4. The molecule has 0 aromatic carbocycles. The van der Waals surface area contributed by atoms with Crippen LogP contribution in [0.4, 0.5) is 0 Å². The van der Waals surface area contributed by atoms with E-state index in [1.807, 2.05) is 6.20 Å². The highest BCUT2D eigenvalue weighted by Crippen LogP contribution is 2.44. The number of rotatable bonds is 7. The number of piperidine rings is 1. The normalized spacial score (nSPS) is 27.0. The molecule has 0 unspecified atom stereocenters. The third-order valence-electron chi connectivity index (χ3n) is 6.79. The number of nitrogens with zero attached hydrogens (tertiary/aromatic N) is 4. The topological polar surface area (TPSA) is 33.5 Å². The second-order valence-corrected chi connectivity index (χ2v) is 9.44. The zero-order valence-electron chi connectivity index (χ0n) is 16.9. The Kier molecular flexibility index (Phi) is 5.40. The summed E-state index contributed by atoms with van der Waals surface area (Å²) in [5.41, 5.74) is 1.83. The van der Waals surface area contributed by atoms with Crippen molar-refractivity contribution in [3.8, 4) is 0 Å². The second-order valence-electron chi connectivity index (χ2n) is 9.44. The largest absolute Gasteiger partial charge is 0.381 e. The van der Waals surface area contributed by atoms with Crippen molar-refractivity contribution in [3.63, 3.8) is 0 Å². The Morgan fingerprint density at radius 1 is 1.23 bits per heavy atom. The molecular formula is C21H36N4O. The summed E-state index contributed by atoms with van der Waals surface area (Å²) in [4.78, 5) is 5.15. The molecule has 0 bridgehead atoms. The van der Waals surface area contributed by atoms with Gasteiger partial charge < -0.3 is 9.64 Å². The van der Waals surface area contributed by atoms with Crippen LogP contribution in [0, 0.1) is 17.3 Å². The maximum atomic E-state index is 6.11. The zero-order valence-corrected chi connectivity index (χ0v) is 16.9. The van der Waals surface area contributed by atoms with E-state index in [1.165, 1.54) is 57.4 Å². The molecule has 26 heavy (non-hydrogen) atoms. The summed E-state index contributed by atoms with van der Waals surface area (Å²) in [5.74, 6) is 1.59. The molecule has 1 saturated carbocycles. The molecule has 2 saturated heterocycles. The molecule has 2 aliphatic heterocycles. The van der Waals surface area contributed by atoms with Gasteiger partial charge in [0.05, 0.1) is 12.8 Å². The van der Waals surface area contributed by atoms with E-state index in [9.17, 15) is 0 Å². The van der Waals surface area contributed by atoms with Crippen molar-refractivity contribution in [1.82, 2.24) is 19.6 Å². The summed E-state index contributed by atoms with van der Waals surface area (Å²) < 4.78 is 8.18. The fourth-order valence-electron chi connectivity index (χ4n) is 4.91. The number of ether oxygens (including phenoxy) is 1. The third kappa shape index (κ3) is 4.15. The number of hydrogen-bond donors (Lipinski definition) is 0. The lowest BCUT2D eigenvalue weighted by molar-refractivity contribution is 0.0167. The smallest absolute Gasteiger partial charge is 0.0534 e. The summed E-state index contributed by atoms with van der Waals surface area (Å²) >= 11 is 0. The molecule has 0 N–H and O–H groups in total. The quantitative estimate of drug-likeness (QED) is 0.748. The van der Waals surface area contributed by atoms with Crippen molar-refractivity contribution in [3.05, 3.63) is 18.0 Å². The molecule has 146 valence electrons. The monoisotopic (exact) mass is 360 g/mol. The van der Waals surface area contributed by atoms with Crippen molar-refractivity contribution in [1.29, 1.82) is 0 Å². The van der Waals surface area contributed by atoms with Crippen LogP contribution in [0.25, 0.3) is 0 Å². The maximum Gasteiger partial charge on any atom is 0.0534 e. The van der Waals surface area contributed by atoms with E-state index in [1.54, 1.807) is 0 Å². The first-order valence-electron chi connectivity index (χ1n) is 10.6. The lowest BCUT2D eigenvalue weighted by Gasteiger charge is -2.42. The summed E-state index contributed by atoms with van der Waals surface area (Å²) in [6, 6.07) is 0.443. The van der Waals surface area contributed by atoms with Crippen LogP contribution in [0.15, 0.2) is 12.4 Å². The Hall–Kier alpha value is -0.910. The fraction of sp³-hybridized carbons (Fsp3) is 0.857. The van der Waals surface area contributed by atoms with Gasteiger partial charge in [0.15, 0.2) is 0 Å². The lowest BCUT2D eigenvalue weighted by Crippen LogP contribution is -2.44. The van der Waals surface area contributed by atoms with Crippen LogP contribution in [0.2, 0.25) is 0 Å². The van der Waals surface area contributed by atoms with Crippen molar-refractivity contribution in [2.24, 2.45) is 17.3 Å². The van der Waals surface area contributed by atoms with E-state index in [0.29, 0.717) is 11.5 Å². The van der Waals surface area contributed by atoms with Gasteiger partial charge >= 0.3 is 0 Å². The fourth-order valence-corrected chi connectivity index (χ4v) is 4.91. The predicted octanol–water partition coefficient (Wildman–Crippen LogP) is 3.03. The molecule has 0 amide bonds. The van der Waals surface area contributed by atoms with E-state index in [0.717, 1.165) is 31.6 Å². The summed E-state index contributed by atoms with van der Waals surface area (Å²) in [7, 11) is 2.29. The van der Waals surface area contributed by atoms with Gasteiger partial charge in [-0.15, -0.1) is 0 Å². The van der Waals surface area contributed by atoms with Gasteiger partial charge in [0, 0.05) is 50.0 Å². The van der Waals surface area contributed by atoms with Crippen molar-refractivity contribution >= 4 is 0 Å². The highest BCUT2D eigenvalue weighted by atomic mass is 16.5. The van der Waals surface area contributed by atoms with Gasteiger partial charge in [-0.1, -0.05) is 0 Å². The van der Waals surface area contributed by atoms with Gasteiger partial charge in [0.25, 0.3) is 0 Å². The predicted molar refractivity (Wildman–Crippen MR) is 104 cm³/mol. The molecule has 1 aliphatic carbocycles. The van der Waals surface area contributed by atoms with Crippen molar-refractivity contribution in [2.45, 2.75) is 52.1 Å². The lowest BCUT2D eigenvalue weighted by atomic mass is 9.71. The van der Waals surface area contributed by atoms with Crippen LogP contribution in [0.3, 0.4) is 0 Å². The van der Waals surface area contributed by atoms with Crippen LogP contribution < -0.4 is 0 Å². The van der Waals surface area contributed by atoms with Gasteiger partial charge in [-0.2, -0.15) is 5.10 Å². The minimum atomic E-state index is 0.443. The molecule has 1 spiro atoms. The van der Waals surface area contributed by atoms with Crippen molar-refractivity contribution < 1.29 is 4.74 Å². The Balaban J connectivity index is 1.30. The SMILES string of the molecule is CC(C)n1cc(CN2CCC3(CC2)CN(C)C[C@H]3COCC2CC2)cn1. The van der Waals surface area contributed by atoms with Crippen LogP contribution in [0.1, 0.15) is 51.1 Å². The van der Waals surface area contributed by atoms with Gasteiger partial charge in [0.1, 0.15) is 0 Å². The molecule has 1 aromatic heterocycles. The average Bonchev–Trinajstić information content (AvgIpc) is 3.22. The van der Waals surface area contributed by atoms with Gasteiger partial charge in [-0.25, -0.2) is 0 Å². The molecule has 5 heteroatoms. The number of aromatic nitrogens is 2.